The Morgan fingerprint density at radius 2 is 2.26 bits per heavy atom. The van der Waals surface area contributed by atoms with Gasteiger partial charge in [0.15, 0.2) is 0 Å². The fourth-order valence-electron chi connectivity index (χ4n) is 1.55. The molecule has 0 saturated carbocycles. The average Bonchev–Trinajstić information content (AvgIpc) is 2.75. The van der Waals surface area contributed by atoms with Gasteiger partial charge in [0.25, 0.3) is 0 Å². The first-order valence-electron chi connectivity index (χ1n) is 6.21. The number of rotatable bonds is 6. The molecule has 7 heteroatoms. The summed E-state index contributed by atoms with van der Waals surface area (Å²) in [5.41, 5.74) is 0. The molecule has 0 saturated heterocycles. The minimum atomic E-state index is 0.0985. The van der Waals surface area contributed by atoms with E-state index in [1.807, 2.05) is 25.5 Å². The lowest BCUT2D eigenvalue weighted by atomic mass is 10.4. The summed E-state index contributed by atoms with van der Waals surface area (Å²) >= 11 is 0. The van der Waals surface area contributed by atoms with E-state index in [2.05, 4.69) is 25.5 Å². The van der Waals surface area contributed by atoms with Crippen LogP contribution in [-0.2, 0) is 13.5 Å². The van der Waals surface area contributed by atoms with Crippen molar-refractivity contribution in [1.82, 2.24) is 24.7 Å². The molecule has 7 nitrogen and oxygen atoms in total. The lowest BCUT2D eigenvalue weighted by Gasteiger charge is -2.09. The molecule has 0 aromatic carbocycles. The van der Waals surface area contributed by atoms with Crippen molar-refractivity contribution >= 4 is 5.95 Å². The van der Waals surface area contributed by atoms with Crippen LogP contribution in [0.2, 0.25) is 0 Å². The zero-order valence-electron chi connectivity index (χ0n) is 11.4. The van der Waals surface area contributed by atoms with Crippen LogP contribution in [0.25, 0.3) is 0 Å². The molecule has 0 bridgehead atoms. The van der Waals surface area contributed by atoms with Gasteiger partial charge in [-0.25, -0.2) is 4.98 Å². The maximum atomic E-state index is 5.51. The molecule has 2 aromatic rings. The van der Waals surface area contributed by atoms with Crippen LogP contribution in [0.15, 0.2) is 18.6 Å². The van der Waals surface area contributed by atoms with Gasteiger partial charge in [-0.1, -0.05) is 0 Å². The molecule has 0 atom stereocenters. The van der Waals surface area contributed by atoms with Crippen molar-refractivity contribution in [3.8, 4) is 5.88 Å². The van der Waals surface area contributed by atoms with Gasteiger partial charge in [0, 0.05) is 32.3 Å². The van der Waals surface area contributed by atoms with Crippen LogP contribution in [0.4, 0.5) is 5.95 Å². The summed E-state index contributed by atoms with van der Waals surface area (Å²) < 4.78 is 7.40. The molecule has 0 fully saturated rings. The predicted molar refractivity (Wildman–Crippen MR) is 71.0 cm³/mol. The molecule has 2 rings (SSSR count). The van der Waals surface area contributed by atoms with Gasteiger partial charge in [0.05, 0.1) is 6.10 Å². The van der Waals surface area contributed by atoms with Crippen LogP contribution >= 0.6 is 0 Å². The van der Waals surface area contributed by atoms with Gasteiger partial charge >= 0.3 is 0 Å². The fraction of sp³-hybridized carbons (Fsp3) is 0.500. The maximum absolute atomic E-state index is 5.51. The standard InChI is InChI=1S/C12H18N6O/c1-9(2)19-11-5-7-14-12(16-11)13-6-4-10-17-15-8-18(10)3/h5,7-9H,4,6H2,1-3H3,(H,13,14,16). The third-order valence-corrected chi connectivity index (χ3v) is 2.42. The molecule has 0 aliphatic rings. The summed E-state index contributed by atoms with van der Waals surface area (Å²) in [6, 6.07) is 1.74. The Bertz CT molecular complexity index is 524. The second-order valence-electron chi connectivity index (χ2n) is 4.42. The van der Waals surface area contributed by atoms with Crippen molar-refractivity contribution in [1.29, 1.82) is 0 Å². The van der Waals surface area contributed by atoms with Crippen LogP contribution in [0.5, 0.6) is 5.88 Å². The number of hydrogen-bond acceptors (Lipinski definition) is 6. The summed E-state index contributed by atoms with van der Waals surface area (Å²) in [6.45, 7) is 4.62. The second-order valence-corrected chi connectivity index (χ2v) is 4.42. The van der Waals surface area contributed by atoms with Crippen LogP contribution in [0.1, 0.15) is 19.7 Å². The maximum Gasteiger partial charge on any atom is 0.225 e. The molecule has 0 radical (unpaired) electrons. The van der Waals surface area contributed by atoms with Crippen LogP contribution in [0, 0.1) is 0 Å². The summed E-state index contributed by atoms with van der Waals surface area (Å²) in [6.07, 6.45) is 4.22. The summed E-state index contributed by atoms with van der Waals surface area (Å²) in [5.74, 6) is 2.05. The number of aromatic nitrogens is 5. The fourth-order valence-corrected chi connectivity index (χ4v) is 1.55. The highest BCUT2D eigenvalue weighted by Gasteiger charge is 2.03. The van der Waals surface area contributed by atoms with Gasteiger partial charge in [0.2, 0.25) is 11.8 Å². The SMILES string of the molecule is CC(C)Oc1ccnc(NCCc2nncn2C)n1. The number of anilines is 1. The molecular weight excluding hydrogens is 244 g/mol. The summed E-state index contributed by atoms with van der Waals surface area (Å²) in [4.78, 5) is 8.41. The van der Waals surface area contributed by atoms with E-state index in [1.165, 1.54) is 0 Å². The van der Waals surface area contributed by atoms with E-state index in [0.717, 1.165) is 12.2 Å². The third kappa shape index (κ3) is 3.90. The molecule has 0 spiro atoms. The number of ether oxygens (including phenoxy) is 1. The van der Waals surface area contributed by atoms with Crippen LogP contribution in [-0.4, -0.2) is 37.4 Å². The van der Waals surface area contributed by atoms with Crippen molar-refractivity contribution in [2.24, 2.45) is 7.05 Å². The number of nitrogens with zero attached hydrogens (tertiary/aromatic N) is 5. The van der Waals surface area contributed by atoms with Gasteiger partial charge in [0.1, 0.15) is 12.2 Å². The molecule has 2 aromatic heterocycles. The summed E-state index contributed by atoms with van der Waals surface area (Å²) in [7, 11) is 1.92. The smallest absolute Gasteiger partial charge is 0.225 e. The van der Waals surface area contributed by atoms with Gasteiger partial charge in [-0.05, 0) is 13.8 Å². The van der Waals surface area contributed by atoms with E-state index < -0.39 is 0 Å². The predicted octanol–water partition coefficient (Wildman–Crippen LogP) is 1.05. The highest BCUT2D eigenvalue weighted by Crippen LogP contribution is 2.10. The lowest BCUT2D eigenvalue weighted by molar-refractivity contribution is 0.232. The van der Waals surface area contributed by atoms with Crippen molar-refractivity contribution in [2.75, 3.05) is 11.9 Å². The van der Waals surface area contributed by atoms with Gasteiger partial charge < -0.3 is 14.6 Å². The molecule has 0 unspecified atom stereocenters. The van der Waals surface area contributed by atoms with Crippen molar-refractivity contribution in [3.05, 3.63) is 24.4 Å². The third-order valence-electron chi connectivity index (χ3n) is 2.42. The first kappa shape index (κ1) is 13.3. The minimum absolute atomic E-state index is 0.0985. The molecule has 1 N–H and O–H groups in total. The first-order chi connectivity index (χ1) is 9.15. The molecule has 19 heavy (non-hydrogen) atoms. The molecule has 102 valence electrons. The monoisotopic (exact) mass is 262 g/mol. The Labute approximate surface area is 112 Å². The summed E-state index contributed by atoms with van der Waals surface area (Å²) in [5, 5.41) is 11.0. The Morgan fingerprint density at radius 3 is 2.95 bits per heavy atom. The lowest BCUT2D eigenvalue weighted by Crippen LogP contribution is -2.12. The molecular formula is C12H18N6O. The highest BCUT2D eigenvalue weighted by molar-refractivity contribution is 5.27. The Hall–Kier alpha value is -2.18. The van der Waals surface area contributed by atoms with Gasteiger partial charge in [-0.3, -0.25) is 0 Å². The van der Waals surface area contributed by atoms with Gasteiger partial charge in [-0.2, -0.15) is 4.98 Å². The van der Waals surface area contributed by atoms with Crippen molar-refractivity contribution in [2.45, 2.75) is 26.4 Å². The van der Waals surface area contributed by atoms with E-state index in [-0.39, 0.29) is 6.10 Å². The Kier molecular flexibility index (Phi) is 4.27. The first-order valence-corrected chi connectivity index (χ1v) is 6.21. The van der Waals surface area contributed by atoms with E-state index in [9.17, 15) is 0 Å². The van der Waals surface area contributed by atoms with Crippen LogP contribution < -0.4 is 10.1 Å². The normalized spacial score (nSPS) is 10.7. The number of aryl methyl sites for hydroxylation is 1. The number of nitrogens with one attached hydrogen (secondary N) is 1. The molecule has 2 heterocycles. The van der Waals surface area contributed by atoms with E-state index in [1.54, 1.807) is 18.6 Å². The average molecular weight is 262 g/mol. The molecule has 0 amide bonds. The van der Waals surface area contributed by atoms with E-state index in [0.29, 0.717) is 18.4 Å². The molecule has 0 aliphatic heterocycles. The topological polar surface area (TPSA) is 77.8 Å². The van der Waals surface area contributed by atoms with E-state index >= 15 is 0 Å². The van der Waals surface area contributed by atoms with Crippen molar-refractivity contribution in [3.63, 3.8) is 0 Å². The van der Waals surface area contributed by atoms with Gasteiger partial charge in [-0.15, -0.1) is 10.2 Å². The van der Waals surface area contributed by atoms with Crippen LogP contribution in [0.3, 0.4) is 0 Å². The zero-order chi connectivity index (χ0) is 13.7. The zero-order valence-corrected chi connectivity index (χ0v) is 11.4. The van der Waals surface area contributed by atoms with E-state index in [4.69, 9.17) is 4.74 Å². The second kappa shape index (κ2) is 6.12. The Morgan fingerprint density at radius 1 is 1.42 bits per heavy atom. The highest BCUT2D eigenvalue weighted by atomic mass is 16.5. The largest absolute Gasteiger partial charge is 0.475 e. The number of hydrogen-bond donors (Lipinski definition) is 1. The molecule has 0 aliphatic carbocycles. The Balaban J connectivity index is 1.87. The van der Waals surface area contributed by atoms with Crippen molar-refractivity contribution < 1.29 is 4.74 Å². The minimum Gasteiger partial charge on any atom is -0.475 e. The quantitative estimate of drug-likeness (QED) is 0.838.